The number of rotatable bonds is 4. The molecule has 2 aliphatic rings. The lowest BCUT2D eigenvalue weighted by Crippen LogP contribution is -2.51. The monoisotopic (exact) mass is 402 g/mol. The topological polar surface area (TPSA) is 120 Å². The fourth-order valence-corrected chi connectivity index (χ4v) is 4.73. The first-order valence-corrected chi connectivity index (χ1v) is 9.83. The van der Waals surface area contributed by atoms with Gasteiger partial charge in [-0.05, 0) is 43.4 Å². The van der Waals surface area contributed by atoms with Crippen LogP contribution in [0.25, 0.3) is 0 Å². The van der Waals surface area contributed by atoms with Crippen molar-refractivity contribution in [2.75, 3.05) is 13.1 Å². The predicted octanol–water partition coefficient (Wildman–Crippen LogP) is 1.33. The van der Waals surface area contributed by atoms with Gasteiger partial charge in [0, 0.05) is 36.1 Å². The molecule has 0 bridgehead atoms. The van der Waals surface area contributed by atoms with Crippen LogP contribution in [-0.4, -0.2) is 50.6 Å². The van der Waals surface area contributed by atoms with E-state index < -0.39 is 5.91 Å². The number of carbonyl (C=O) groups is 2. The molecule has 28 heavy (non-hydrogen) atoms. The van der Waals surface area contributed by atoms with Crippen LogP contribution in [0.4, 0.5) is 0 Å². The van der Waals surface area contributed by atoms with E-state index in [9.17, 15) is 9.59 Å². The van der Waals surface area contributed by atoms with Crippen molar-refractivity contribution < 1.29 is 9.59 Å². The van der Waals surface area contributed by atoms with E-state index in [-0.39, 0.29) is 29.0 Å². The molecule has 1 aromatic heterocycles. The van der Waals surface area contributed by atoms with E-state index in [1.165, 1.54) is 4.57 Å². The number of amides is 2. The Kier molecular flexibility index (Phi) is 4.84. The SMILES string of the molecule is NC[C@]1(c2cccc(Cl)c2)CC[C@H](N2CCn3c(C(N)=O)nnc3C2=O)CC1. The van der Waals surface area contributed by atoms with Crippen molar-refractivity contribution in [1.82, 2.24) is 19.7 Å². The van der Waals surface area contributed by atoms with Crippen LogP contribution in [0, 0.1) is 0 Å². The summed E-state index contributed by atoms with van der Waals surface area (Å²) in [5.41, 5.74) is 12.5. The maximum atomic E-state index is 12.9. The van der Waals surface area contributed by atoms with Crippen LogP contribution in [-0.2, 0) is 12.0 Å². The van der Waals surface area contributed by atoms with Gasteiger partial charge < -0.3 is 16.4 Å². The van der Waals surface area contributed by atoms with E-state index in [0.29, 0.717) is 24.7 Å². The molecule has 4 rings (SSSR count). The van der Waals surface area contributed by atoms with Crippen molar-refractivity contribution in [3.8, 4) is 0 Å². The Labute approximate surface area is 167 Å². The van der Waals surface area contributed by atoms with Crippen LogP contribution in [0.5, 0.6) is 0 Å². The zero-order valence-electron chi connectivity index (χ0n) is 15.5. The highest BCUT2D eigenvalue weighted by molar-refractivity contribution is 6.30. The molecule has 9 heteroatoms. The van der Waals surface area contributed by atoms with Crippen LogP contribution in [0.3, 0.4) is 0 Å². The summed E-state index contributed by atoms with van der Waals surface area (Å²) in [7, 11) is 0. The standard InChI is InChI=1S/C19H23ClN6O2/c20-13-3-1-2-12(10-13)19(11-21)6-4-14(5-7-19)25-8-9-26-16(15(22)27)23-24-17(26)18(25)28/h1-3,10,14H,4-9,11,21H2,(H2,22,27)/t14-,19-. The number of fused-ring (bicyclic) bond motifs is 1. The van der Waals surface area contributed by atoms with Crippen molar-refractivity contribution in [2.24, 2.45) is 11.5 Å². The number of benzene rings is 1. The van der Waals surface area contributed by atoms with Crippen molar-refractivity contribution in [3.63, 3.8) is 0 Å². The lowest BCUT2D eigenvalue weighted by molar-refractivity contribution is 0.0521. The Morgan fingerprint density at radius 2 is 2.00 bits per heavy atom. The minimum absolute atomic E-state index is 0.0368. The number of nitrogens with zero attached hydrogens (tertiary/aromatic N) is 4. The number of nitrogens with two attached hydrogens (primary N) is 2. The summed E-state index contributed by atoms with van der Waals surface area (Å²) >= 11 is 6.18. The zero-order chi connectivity index (χ0) is 19.9. The highest BCUT2D eigenvalue weighted by Crippen LogP contribution is 2.41. The minimum Gasteiger partial charge on any atom is -0.363 e. The summed E-state index contributed by atoms with van der Waals surface area (Å²) in [6.45, 7) is 1.53. The smallest absolute Gasteiger partial charge is 0.292 e. The Hall–Kier alpha value is -2.45. The van der Waals surface area contributed by atoms with E-state index in [1.807, 2.05) is 23.1 Å². The number of aromatic nitrogens is 3. The van der Waals surface area contributed by atoms with Gasteiger partial charge in [-0.3, -0.25) is 14.2 Å². The molecule has 1 fully saturated rings. The molecule has 2 aromatic rings. The summed E-state index contributed by atoms with van der Waals surface area (Å²) in [4.78, 5) is 26.2. The number of primary amides is 1. The van der Waals surface area contributed by atoms with Gasteiger partial charge in [0.05, 0.1) is 0 Å². The van der Waals surface area contributed by atoms with Gasteiger partial charge in [0.25, 0.3) is 11.8 Å². The lowest BCUT2D eigenvalue weighted by atomic mass is 9.68. The van der Waals surface area contributed by atoms with E-state index in [0.717, 1.165) is 31.2 Å². The molecule has 2 amide bonds. The second kappa shape index (κ2) is 7.18. The first-order chi connectivity index (χ1) is 13.4. The maximum absolute atomic E-state index is 12.9. The fourth-order valence-electron chi connectivity index (χ4n) is 4.54. The molecular weight excluding hydrogens is 380 g/mol. The van der Waals surface area contributed by atoms with Crippen molar-refractivity contribution in [3.05, 3.63) is 46.5 Å². The maximum Gasteiger partial charge on any atom is 0.292 e. The largest absolute Gasteiger partial charge is 0.363 e. The Morgan fingerprint density at radius 1 is 1.25 bits per heavy atom. The molecule has 8 nitrogen and oxygen atoms in total. The Morgan fingerprint density at radius 3 is 2.64 bits per heavy atom. The van der Waals surface area contributed by atoms with E-state index in [1.54, 1.807) is 0 Å². The Bertz CT molecular complexity index is 919. The fraction of sp³-hybridized carbons (Fsp3) is 0.474. The first kappa shape index (κ1) is 18.9. The third-order valence-corrected chi connectivity index (χ3v) is 6.40. The molecule has 0 saturated heterocycles. The molecule has 1 saturated carbocycles. The summed E-state index contributed by atoms with van der Waals surface area (Å²) in [6, 6.07) is 8.02. The van der Waals surface area contributed by atoms with Gasteiger partial charge in [-0.1, -0.05) is 23.7 Å². The molecule has 1 aliphatic carbocycles. The molecule has 0 unspecified atom stereocenters. The third kappa shape index (κ3) is 3.06. The zero-order valence-corrected chi connectivity index (χ0v) is 16.2. The molecule has 4 N–H and O–H groups in total. The van der Waals surface area contributed by atoms with E-state index in [2.05, 4.69) is 16.3 Å². The molecular formula is C19H23ClN6O2. The summed E-state index contributed by atoms with van der Waals surface area (Å²) in [5, 5.41) is 8.38. The second-order valence-electron chi connectivity index (χ2n) is 7.59. The van der Waals surface area contributed by atoms with Crippen LogP contribution in [0.2, 0.25) is 5.02 Å². The normalized spacial score (nSPS) is 24.9. The highest BCUT2D eigenvalue weighted by Gasteiger charge is 2.41. The number of hydrogen-bond acceptors (Lipinski definition) is 5. The average Bonchev–Trinajstić information content (AvgIpc) is 3.14. The van der Waals surface area contributed by atoms with Gasteiger partial charge in [-0.25, -0.2) is 0 Å². The summed E-state index contributed by atoms with van der Waals surface area (Å²) in [5.74, 6) is -0.647. The second-order valence-corrected chi connectivity index (χ2v) is 8.02. The van der Waals surface area contributed by atoms with Crippen LogP contribution < -0.4 is 11.5 Å². The van der Waals surface area contributed by atoms with Crippen molar-refractivity contribution in [2.45, 2.75) is 43.7 Å². The van der Waals surface area contributed by atoms with Crippen molar-refractivity contribution in [1.29, 1.82) is 0 Å². The number of carbonyl (C=O) groups excluding carboxylic acids is 2. The van der Waals surface area contributed by atoms with Gasteiger partial charge >= 0.3 is 0 Å². The van der Waals surface area contributed by atoms with E-state index in [4.69, 9.17) is 23.1 Å². The van der Waals surface area contributed by atoms with Gasteiger partial charge in [0.15, 0.2) is 0 Å². The molecule has 2 heterocycles. The Balaban J connectivity index is 1.51. The van der Waals surface area contributed by atoms with E-state index >= 15 is 0 Å². The number of hydrogen-bond donors (Lipinski definition) is 2. The summed E-state index contributed by atoms with van der Waals surface area (Å²) in [6.07, 6.45) is 3.48. The van der Waals surface area contributed by atoms with Crippen LogP contribution >= 0.6 is 11.6 Å². The molecule has 0 atom stereocenters. The van der Waals surface area contributed by atoms with Crippen LogP contribution in [0.15, 0.2) is 24.3 Å². The molecule has 148 valence electrons. The quantitative estimate of drug-likeness (QED) is 0.799. The first-order valence-electron chi connectivity index (χ1n) is 9.45. The van der Waals surface area contributed by atoms with Crippen molar-refractivity contribution >= 4 is 23.4 Å². The number of halogens is 1. The van der Waals surface area contributed by atoms with Gasteiger partial charge in [0.1, 0.15) is 0 Å². The lowest BCUT2D eigenvalue weighted by Gasteiger charge is -2.44. The molecule has 0 spiro atoms. The highest BCUT2D eigenvalue weighted by atomic mass is 35.5. The summed E-state index contributed by atoms with van der Waals surface area (Å²) < 4.78 is 1.51. The van der Waals surface area contributed by atoms with Crippen LogP contribution in [0.1, 0.15) is 52.5 Å². The molecule has 1 aromatic carbocycles. The average molecular weight is 403 g/mol. The molecule has 1 aliphatic heterocycles. The predicted molar refractivity (Wildman–Crippen MR) is 104 cm³/mol. The van der Waals surface area contributed by atoms with Gasteiger partial charge in [-0.15, -0.1) is 10.2 Å². The van der Waals surface area contributed by atoms with Gasteiger partial charge in [-0.2, -0.15) is 0 Å². The van der Waals surface area contributed by atoms with Gasteiger partial charge in [0.2, 0.25) is 11.6 Å². The third-order valence-electron chi connectivity index (χ3n) is 6.17. The molecule has 0 radical (unpaired) electrons. The minimum atomic E-state index is -0.674.